The van der Waals surface area contributed by atoms with Crippen LogP contribution in [0.1, 0.15) is 11.1 Å². The van der Waals surface area contributed by atoms with E-state index in [2.05, 4.69) is 0 Å². The van der Waals surface area contributed by atoms with Gasteiger partial charge in [-0.2, -0.15) is 0 Å². The second-order valence-corrected chi connectivity index (χ2v) is 4.39. The van der Waals surface area contributed by atoms with E-state index in [0.29, 0.717) is 17.3 Å². The van der Waals surface area contributed by atoms with E-state index in [9.17, 15) is 4.79 Å². The van der Waals surface area contributed by atoms with E-state index in [-0.39, 0.29) is 6.54 Å². The van der Waals surface area contributed by atoms with Crippen molar-refractivity contribution in [1.82, 2.24) is 4.90 Å². The lowest BCUT2D eigenvalue weighted by atomic mass is 10.1. The lowest BCUT2D eigenvalue weighted by molar-refractivity contribution is -0.138. The molecule has 1 aromatic carbocycles. The maximum Gasteiger partial charge on any atom is 0.317 e. The zero-order chi connectivity index (χ0) is 13.0. The van der Waals surface area contributed by atoms with Crippen LogP contribution in [-0.4, -0.2) is 36.7 Å². The highest BCUT2D eigenvalue weighted by molar-refractivity contribution is 6.32. The number of likely N-dealkylation sites (N-methyl/N-ethyl adjacent to an activating group) is 1. The Bertz CT molecular complexity index is 420. The van der Waals surface area contributed by atoms with Gasteiger partial charge in [-0.15, -0.1) is 0 Å². The summed E-state index contributed by atoms with van der Waals surface area (Å²) in [6.45, 7) is 2.49. The van der Waals surface area contributed by atoms with E-state index in [4.69, 9.17) is 21.4 Å². The minimum absolute atomic E-state index is 0.00306. The molecule has 0 aliphatic carbocycles. The summed E-state index contributed by atoms with van der Waals surface area (Å²) >= 11 is 6.03. The molecule has 1 N–H and O–H groups in total. The molecule has 1 aromatic rings. The lowest BCUT2D eigenvalue weighted by Gasteiger charge is -2.16. The van der Waals surface area contributed by atoms with Gasteiger partial charge in [0.05, 0.1) is 18.7 Å². The number of ether oxygens (including phenoxy) is 1. The van der Waals surface area contributed by atoms with Gasteiger partial charge in [0.1, 0.15) is 5.75 Å². The molecule has 0 radical (unpaired) electrons. The monoisotopic (exact) mass is 257 g/mol. The summed E-state index contributed by atoms with van der Waals surface area (Å²) in [7, 11) is 3.32. The summed E-state index contributed by atoms with van der Waals surface area (Å²) in [5.41, 5.74) is 2.03. The molecule has 0 aliphatic rings. The van der Waals surface area contributed by atoms with E-state index in [0.717, 1.165) is 11.1 Å². The summed E-state index contributed by atoms with van der Waals surface area (Å²) < 4.78 is 5.11. The van der Waals surface area contributed by atoms with Crippen LogP contribution < -0.4 is 4.74 Å². The maximum atomic E-state index is 10.6. The summed E-state index contributed by atoms with van der Waals surface area (Å²) in [4.78, 5) is 12.3. The van der Waals surface area contributed by atoms with Gasteiger partial charge in [-0.1, -0.05) is 11.6 Å². The second kappa shape index (κ2) is 5.89. The normalized spacial score (nSPS) is 10.6. The molecule has 0 aliphatic heterocycles. The molecule has 0 spiro atoms. The van der Waals surface area contributed by atoms with Crippen LogP contribution in [0.25, 0.3) is 0 Å². The number of hydrogen-bond acceptors (Lipinski definition) is 3. The molecule has 0 amide bonds. The van der Waals surface area contributed by atoms with Gasteiger partial charge in [0.15, 0.2) is 0 Å². The fourth-order valence-corrected chi connectivity index (χ4v) is 1.86. The Kier molecular flexibility index (Phi) is 4.78. The molecule has 0 atom stereocenters. The molecule has 1 rings (SSSR count). The van der Waals surface area contributed by atoms with Crippen molar-refractivity contribution in [3.05, 3.63) is 28.3 Å². The van der Waals surface area contributed by atoms with Crippen molar-refractivity contribution in [2.24, 2.45) is 0 Å². The Labute approximate surface area is 106 Å². The van der Waals surface area contributed by atoms with Gasteiger partial charge in [-0.25, -0.2) is 0 Å². The molecule has 0 heterocycles. The highest BCUT2D eigenvalue weighted by Crippen LogP contribution is 2.28. The summed E-state index contributed by atoms with van der Waals surface area (Å²) in [6.07, 6.45) is 0. The molecule has 17 heavy (non-hydrogen) atoms. The van der Waals surface area contributed by atoms with Gasteiger partial charge in [0, 0.05) is 6.54 Å². The van der Waals surface area contributed by atoms with Gasteiger partial charge in [-0.3, -0.25) is 9.69 Å². The van der Waals surface area contributed by atoms with Gasteiger partial charge >= 0.3 is 5.97 Å². The third kappa shape index (κ3) is 3.91. The summed E-state index contributed by atoms with van der Waals surface area (Å²) in [5.74, 6) is -0.210. The lowest BCUT2D eigenvalue weighted by Crippen LogP contribution is -2.25. The average molecular weight is 258 g/mol. The Morgan fingerprint density at radius 3 is 2.71 bits per heavy atom. The molecule has 0 unspecified atom stereocenters. The first-order valence-corrected chi connectivity index (χ1v) is 5.55. The first kappa shape index (κ1) is 13.8. The number of aryl methyl sites for hydroxylation is 1. The SMILES string of the molecule is COc1cc(C)c(CN(C)CC(=O)O)cc1Cl. The number of methoxy groups -OCH3 is 1. The number of carboxylic acids is 1. The first-order valence-electron chi connectivity index (χ1n) is 5.17. The number of nitrogens with zero attached hydrogens (tertiary/aromatic N) is 1. The molecule has 5 heteroatoms. The van der Waals surface area contributed by atoms with Gasteiger partial charge in [0.2, 0.25) is 0 Å². The molecule has 0 aromatic heterocycles. The van der Waals surface area contributed by atoms with Crippen LogP contribution in [0.4, 0.5) is 0 Å². The van der Waals surface area contributed by atoms with Crippen LogP contribution in [-0.2, 0) is 11.3 Å². The number of hydrogen-bond donors (Lipinski definition) is 1. The average Bonchev–Trinajstić information content (AvgIpc) is 2.21. The standard InChI is InChI=1S/C12H16ClNO3/c1-8-4-11(17-3)10(13)5-9(8)6-14(2)7-12(15)16/h4-5H,6-7H2,1-3H3,(H,15,16). The highest BCUT2D eigenvalue weighted by atomic mass is 35.5. The van der Waals surface area contributed by atoms with E-state index >= 15 is 0 Å². The topological polar surface area (TPSA) is 49.8 Å². The number of aliphatic carboxylic acids is 1. The van der Waals surface area contributed by atoms with Crippen LogP contribution in [0.15, 0.2) is 12.1 Å². The van der Waals surface area contributed by atoms with Crippen LogP contribution >= 0.6 is 11.6 Å². The minimum Gasteiger partial charge on any atom is -0.495 e. The molecule has 0 saturated carbocycles. The van der Waals surface area contributed by atoms with Crippen molar-refractivity contribution in [2.75, 3.05) is 20.7 Å². The summed E-state index contributed by atoms with van der Waals surface area (Å²) in [5, 5.41) is 9.22. The minimum atomic E-state index is -0.843. The van der Waals surface area contributed by atoms with E-state index in [1.54, 1.807) is 19.1 Å². The van der Waals surface area contributed by atoms with Crippen LogP contribution in [0.2, 0.25) is 5.02 Å². The number of benzene rings is 1. The molecular formula is C12H16ClNO3. The Morgan fingerprint density at radius 1 is 1.53 bits per heavy atom. The largest absolute Gasteiger partial charge is 0.495 e. The van der Waals surface area contributed by atoms with Crippen LogP contribution in [0.5, 0.6) is 5.75 Å². The van der Waals surface area contributed by atoms with Crippen molar-refractivity contribution in [3.63, 3.8) is 0 Å². The maximum absolute atomic E-state index is 10.6. The van der Waals surface area contributed by atoms with Gasteiger partial charge in [-0.05, 0) is 37.2 Å². The van der Waals surface area contributed by atoms with Crippen molar-refractivity contribution in [2.45, 2.75) is 13.5 Å². The van der Waals surface area contributed by atoms with Crippen LogP contribution in [0, 0.1) is 6.92 Å². The third-order valence-electron chi connectivity index (χ3n) is 2.46. The van der Waals surface area contributed by atoms with E-state index < -0.39 is 5.97 Å². The number of carboxylic acid groups (broad SMARTS) is 1. The molecule has 0 bridgehead atoms. The summed E-state index contributed by atoms with van der Waals surface area (Å²) in [6, 6.07) is 3.67. The zero-order valence-corrected chi connectivity index (χ0v) is 10.9. The number of carbonyl (C=O) groups is 1. The highest BCUT2D eigenvalue weighted by Gasteiger charge is 2.10. The number of rotatable bonds is 5. The van der Waals surface area contributed by atoms with E-state index in [1.165, 1.54) is 0 Å². The third-order valence-corrected chi connectivity index (χ3v) is 2.75. The molecular weight excluding hydrogens is 242 g/mol. The van der Waals surface area contributed by atoms with Crippen molar-refractivity contribution in [1.29, 1.82) is 0 Å². The predicted octanol–water partition coefficient (Wildman–Crippen LogP) is 2.17. The predicted molar refractivity (Wildman–Crippen MR) is 66.7 cm³/mol. The second-order valence-electron chi connectivity index (χ2n) is 3.98. The Morgan fingerprint density at radius 2 is 2.18 bits per heavy atom. The fraction of sp³-hybridized carbons (Fsp3) is 0.417. The van der Waals surface area contributed by atoms with Crippen LogP contribution in [0.3, 0.4) is 0 Å². The van der Waals surface area contributed by atoms with Gasteiger partial charge in [0.25, 0.3) is 0 Å². The smallest absolute Gasteiger partial charge is 0.317 e. The quantitative estimate of drug-likeness (QED) is 0.878. The molecule has 4 nitrogen and oxygen atoms in total. The molecule has 94 valence electrons. The number of halogens is 1. The molecule has 0 fully saturated rings. The fourth-order valence-electron chi connectivity index (χ4n) is 1.60. The van der Waals surface area contributed by atoms with E-state index in [1.807, 2.05) is 19.1 Å². The van der Waals surface area contributed by atoms with Crippen molar-refractivity contribution < 1.29 is 14.6 Å². The van der Waals surface area contributed by atoms with Gasteiger partial charge < -0.3 is 9.84 Å². The Balaban J connectivity index is 2.84. The molecule has 0 saturated heterocycles. The Hall–Kier alpha value is -1.26. The van der Waals surface area contributed by atoms with Crippen molar-refractivity contribution >= 4 is 17.6 Å². The first-order chi connectivity index (χ1) is 7.93. The zero-order valence-electron chi connectivity index (χ0n) is 10.2. The van der Waals surface area contributed by atoms with Crippen molar-refractivity contribution in [3.8, 4) is 5.75 Å².